The van der Waals surface area contributed by atoms with E-state index in [1.807, 2.05) is 0 Å². The molecule has 1 aliphatic rings. The standard InChI is InChI=1S/C21H29N3O4S2/c1-15-12-24(13-16(2)28-15)21(3,4)14-22-20(25)17-7-9-18(10-8-17)23-30(26,27)19-6-5-11-29-19/h5-11,15-16,23H,12-14H2,1-4H3,(H,22,25)/t15-,16-/m0/s1. The Labute approximate surface area is 182 Å². The van der Waals surface area contributed by atoms with Gasteiger partial charge in [0.25, 0.3) is 15.9 Å². The molecule has 0 saturated carbocycles. The Morgan fingerprint density at radius 3 is 2.37 bits per heavy atom. The van der Waals surface area contributed by atoms with Gasteiger partial charge in [0, 0.05) is 36.4 Å². The van der Waals surface area contributed by atoms with Gasteiger partial charge in [0.15, 0.2) is 0 Å². The van der Waals surface area contributed by atoms with E-state index in [9.17, 15) is 13.2 Å². The first-order valence-electron chi connectivity index (χ1n) is 9.92. The molecule has 7 nitrogen and oxygen atoms in total. The van der Waals surface area contributed by atoms with E-state index in [2.05, 4.69) is 42.6 Å². The van der Waals surface area contributed by atoms with Gasteiger partial charge in [-0.3, -0.25) is 14.4 Å². The summed E-state index contributed by atoms with van der Waals surface area (Å²) in [6, 6.07) is 9.66. The van der Waals surface area contributed by atoms with Gasteiger partial charge in [-0.2, -0.15) is 0 Å². The largest absolute Gasteiger partial charge is 0.373 e. The van der Waals surface area contributed by atoms with E-state index < -0.39 is 10.0 Å². The summed E-state index contributed by atoms with van der Waals surface area (Å²) in [5.74, 6) is -0.190. The van der Waals surface area contributed by atoms with Crippen LogP contribution >= 0.6 is 11.3 Å². The Kier molecular flexibility index (Phi) is 6.86. The molecule has 2 atom stereocenters. The molecule has 164 valence electrons. The van der Waals surface area contributed by atoms with Crippen LogP contribution in [0.25, 0.3) is 0 Å². The molecule has 30 heavy (non-hydrogen) atoms. The molecule has 2 heterocycles. The van der Waals surface area contributed by atoms with Crippen LogP contribution in [0.3, 0.4) is 0 Å². The van der Waals surface area contributed by atoms with E-state index in [0.717, 1.165) is 24.4 Å². The Hall–Kier alpha value is -1.94. The molecule has 1 saturated heterocycles. The average Bonchev–Trinajstić information content (AvgIpc) is 3.22. The Morgan fingerprint density at radius 1 is 1.17 bits per heavy atom. The van der Waals surface area contributed by atoms with Crippen LogP contribution in [-0.4, -0.2) is 56.6 Å². The molecule has 1 aliphatic heterocycles. The van der Waals surface area contributed by atoms with Gasteiger partial charge in [0.05, 0.1) is 12.2 Å². The third kappa shape index (κ3) is 5.60. The number of nitrogens with one attached hydrogen (secondary N) is 2. The lowest BCUT2D eigenvalue weighted by atomic mass is 10.00. The van der Waals surface area contributed by atoms with E-state index in [1.165, 1.54) is 0 Å². The van der Waals surface area contributed by atoms with Crippen molar-refractivity contribution in [2.75, 3.05) is 24.4 Å². The van der Waals surface area contributed by atoms with Crippen LogP contribution in [0.2, 0.25) is 0 Å². The van der Waals surface area contributed by atoms with Crippen molar-refractivity contribution < 1.29 is 17.9 Å². The Bertz CT molecular complexity index is 947. The number of ether oxygens (including phenoxy) is 1. The monoisotopic (exact) mass is 451 g/mol. The zero-order valence-corrected chi connectivity index (χ0v) is 19.3. The maximum atomic E-state index is 12.6. The quantitative estimate of drug-likeness (QED) is 0.675. The summed E-state index contributed by atoms with van der Waals surface area (Å²) in [5, 5.41) is 4.71. The smallest absolute Gasteiger partial charge is 0.271 e. The van der Waals surface area contributed by atoms with Gasteiger partial charge in [-0.15, -0.1) is 11.3 Å². The van der Waals surface area contributed by atoms with Crippen LogP contribution in [0.4, 0.5) is 5.69 Å². The molecule has 1 aromatic heterocycles. The third-order valence-electron chi connectivity index (χ3n) is 5.12. The van der Waals surface area contributed by atoms with Crippen LogP contribution in [0.5, 0.6) is 0 Å². The number of amides is 1. The highest BCUT2D eigenvalue weighted by molar-refractivity contribution is 7.94. The number of thiophene rings is 1. The highest BCUT2D eigenvalue weighted by Gasteiger charge is 2.33. The minimum atomic E-state index is -3.60. The van der Waals surface area contributed by atoms with E-state index in [0.29, 0.717) is 17.8 Å². The molecule has 1 aromatic carbocycles. The van der Waals surface area contributed by atoms with Crippen molar-refractivity contribution in [3.63, 3.8) is 0 Å². The van der Waals surface area contributed by atoms with E-state index in [4.69, 9.17) is 4.74 Å². The van der Waals surface area contributed by atoms with Crippen molar-refractivity contribution >= 4 is 33.0 Å². The highest BCUT2D eigenvalue weighted by Crippen LogP contribution is 2.22. The molecule has 9 heteroatoms. The van der Waals surface area contributed by atoms with Crippen molar-refractivity contribution in [1.29, 1.82) is 0 Å². The first-order valence-corrected chi connectivity index (χ1v) is 12.3. The number of hydrogen-bond donors (Lipinski definition) is 2. The number of carbonyl (C=O) groups is 1. The topological polar surface area (TPSA) is 87.7 Å². The number of anilines is 1. The highest BCUT2D eigenvalue weighted by atomic mass is 32.2. The molecule has 2 N–H and O–H groups in total. The van der Waals surface area contributed by atoms with Gasteiger partial charge < -0.3 is 10.1 Å². The van der Waals surface area contributed by atoms with Crippen molar-refractivity contribution in [1.82, 2.24) is 10.2 Å². The summed E-state index contributed by atoms with van der Waals surface area (Å²) < 4.78 is 33.2. The van der Waals surface area contributed by atoms with Crippen LogP contribution in [-0.2, 0) is 14.8 Å². The lowest BCUT2D eigenvalue weighted by Crippen LogP contribution is -2.58. The summed E-state index contributed by atoms with van der Waals surface area (Å²) in [4.78, 5) is 14.9. The second kappa shape index (κ2) is 9.05. The van der Waals surface area contributed by atoms with Crippen LogP contribution < -0.4 is 10.0 Å². The molecule has 1 fully saturated rings. The SMILES string of the molecule is C[C@H]1CN(C(C)(C)CNC(=O)c2ccc(NS(=O)(=O)c3cccs3)cc2)C[C@H](C)O1. The van der Waals surface area contributed by atoms with E-state index >= 15 is 0 Å². The minimum absolute atomic E-state index is 0.161. The van der Waals surface area contributed by atoms with Crippen molar-refractivity contribution in [3.8, 4) is 0 Å². The predicted octanol–water partition coefficient (Wildman–Crippen LogP) is 3.17. The zero-order chi connectivity index (χ0) is 21.9. The maximum Gasteiger partial charge on any atom is 0.271 e. The predicted molar refractivity (Wildman–Crippen MR) is 120 cm³/mol. The van der Waals surface area contributed by atoms with Crippen molar-refractivity contribution in [2.45, 2.75) is 49.7 Å². The molecule has 2 aromatic rings. The molecule has 1 amide bonds. The van der Waals surface area contributed by atoms with Crippen molar-refractivity contribution in [2.24, 2.45) is 0 Å². The van der Waals surface area contributed by atoms with Gasteiger partial charge in [-0.1, -0.05) is 6.07 Å². The second-order valence-corrected chi connectivity index (χ2v) is 11.1. The van der Waals surface area contributed by atoms with Crippen LogP contribution in [0.15, 0.2) is 46.0 Å². The Balaban J connectivity index is 1.58. The summed E-state index contributed by atoms with van der Waals surface area (Å²) in [6.45, 7) is 10.5. The molecular weight excluding hydrogens is 422 g/mol. The molecule has 0 aliphatic carbocycles. The molecular formula is C21H29N3O4S2. The number of carbonyl (C=O) groups excluding carboxylic acids is 1. The van der Waals surface area contributed by atoms with E-state index in [-0.39, 0.29) is 27.9 Å². The van der Waals surface area contributed by atoms with Crippen LogP contribution in [0, 0.1) is 0 Å². The number of benzene rings is 1. The summed E-state index contributed by atoms with van der Waals surface area (Å²) in [5.41, 5.74) is 0.684. The fraction of sp³-hybridized carbons (Fsp3) is 0.476. The number of sulfonamides is 1. The van der Waals surface area contributed by atoms with Crippen molar-refractivity contribution in [3.05, 3.63) is 47.3 Å². The lowest BCUT2D eigenvalue weighted by Gasteiger charge is -2.45. The second-order valence-electron chi connectivity index (χ2n) is 8.27. The first-order chi connectivity index (χ1) is 14.1. The average molecular weight is 452 g/mol. The zero-order valence-electron chi connectivity index (χ0n) is 17.7. The molecule has 3 rings (SSSR count). The fourth-order valence-corrected chi connectivity index (χ4v) is 5.55. The number of nitrogens with zero attached hydrogens (tertiary/aromatic N) is 1. The molecule has 0 radical (unpaired) electrons. The van der Waals surface area contributed by atoms with Gasteiger partial charge in [0.1, 0.15) is 4.21 Å². The summed E-state index contributed by atoms with van der Waals surface area (Å²) in [7, 11) is -3.60. The fourth-order valence-electron chi connectivity index (χ4n) is 3.49. The molecule has 0 unspecified atom stereocenters. The van der Waals surface area contributed by atoms with Gasteiger partial charge >= 0.3 is 0 Å². The number of rotatable bonds is 7. The summed E-state index contributed by atoms with van der Waals surface area (Å²) in [6.07, 6.45) is 0.323. The minimum Gasteiger partial charge on any atom is -0.373 e. The number of morpholine rings is 1. The molecule has 0 spiro atoms. The normalized spacial score (nSPS) is 20.7. The first kappa shape index (κ1) is 22.7. The molecule has 0 bridgehead atoms. The maximum absolute atomic E-state index is 12.6. The third-order valence-corrected chi connectivity index (χ3v) is 7.90. The summed E-state index contributed by atoms with van der Waals surface area (Å²) >= 11 is 1.15. The van der Waals surface area contributed by atoms with Gasteiger partial charge in [0.2, 0.25) is 0 Å². The van der Waals surface area contributed by atoms with Gasteiger partial charge in [-0.25, -0.2) is 8.42 Å². The number of hydrogen-bond acceptors (Lipinski definition) is 6. The lowest BCUT2D eigenvalue weighted by molar-refractivity contribution is -0.0948. The Morgan fingerprint density at radius 2 is 1.80 bits per heavy atom. The van der Waals surface area contributed by atoms with E-state index in [1.54, 1.807) is 41.8 Å². The van der Waals surface area contributed by atoms with Crippen LogP contribution in [0.1, 0.15) is 38.1 Å². The van der Waals surface area contributed by atoms with Gasteiger partial charge in [-0.05, 0) is 63.4 Å².